The van der Waals surface area contributed by atoms with E-state index in [4.69, 9.17) is 5.73 Å². The first-order chi connectivity index (χ1) is 7.27. The maximum atomic E-state index is 5.91. The highest BCUT2D eigenvalue weighted by atomic mass is 127. The van der Waals surface area contributed by atoms with Gasteiger partial charge in [0.2, 0.25) is 0 Å². The topological polar surface area (TPSA) is 43.8 Å². The number of nitrogens with two attached hydrogens (primary N) is 1. The van der Waals surface area contributed by atoms with Crippen molar-refractivity contribution in [3.8, 4) is 0 Å². The Balaban J connectivity index is 1.84. The highest BCUT2D eigenvalue weighted by Gasteiger charge is 2.14. The van der Waals surface area contributed by atoms with Gasteiger partial charge in [-0.25, -0.2) is 4.68 Å². The molecular weight excluding hydrogens is 301 g/mol. The van der Waals surface area contributed by atoms with Crippen LogP contribution in [0.15, 0.2) is 6.20 Å². The Labute approximate surface area is 105 Å². The summed E-state index contributed by atoms with van der Waals surface area (Å²) in [5, 5.41) is 4.28. The fourth-order valence-electron chi connectivity index (χ4n) is 2.33. The van der Waals surface area contributed by atoms with Crippen molar-refractivity contribution >= 4 is 28.4 Å². The fraction of sp³-hybridized carbons (Fsp3) is 0.727. The first-order valence-electron chi connectivity index (χ1n) is 5.74. The standard InChI is InChI=1S/C11H18IN3/c12-10-8-14-15(11(10)13)7-6-9-4-2-1-3-5-9/h8-9H,1-7,13H2. The van der Waals surface area contributed by atoms with Gasteiger partial charge in [-0.05, 0) is 34.9 Å². The van der Waals surface area contributed by atoms with E-state index in [9.17, 15) is 0 Å². The quantitative estimate of drug-likeness (QED) is 0.870. The molecule has 0 radical (unpaired) electrons. The first kappa shape index (κ1) is 11.2. The minimum atomic E-state index is 0.825. The molecule has 3 nitrogen and oxygen atoms in total. The van der Waals surface area contributed by atoms with E-state index in [1.807, 2.05) is 10.9 Å². The van der Waals surface area contributed by atoms with Gasteiger partial charge in [0.15, 0.2) is 0 Å². The fourth-order valence-corrected chi connectivity index (χ4v) is 2.73. The van der Waals surface area contributed by atoms with Gasteiger partial charge in [-0.2, -0.15) is 5.10 Å². The lowest BCUT2D eigenvalue weighted by Gasteiger charge is -2.21. The van der Waals surface area contributed by atoms with Gasteiger partial charge in [-0.1, -0.05) is 32.1 Å². The Morgan fingerprint density at radius 2 is 2.13 bits per heavy atom. The van der Waals surface area contributed by atoms with Gasteiger partial charge < -0.3 is 5.73 Å². The summed E-state index contributed by atoms with van der Waals surface area (Å²) < 4.78 is 3.01. The van der Waals surface area contributed by atoms with Crippen molar-refractivity contribution in [1.29, 1.82) is 0 Å². The molecule has 0 amide bonds. The van der Waals surface area contributed by atoms with Crippen LogP contribution in [0.1, 0.15) is 38.5 Å². The number of aromatic nitrogens is 2. The molecule has 1 saturated carbocycles. The number of nitrogens with zero attached hydrogens (tertiary/aromatic N) is 2. The molecule has 4 heteroatoms. The lowest BCUT2D eigenvalue weighted by Crippen LogP contribution is -2.12. The Kier molecular flexibility index (Phi) is 3.88. The summed E-state index contributed by atoms with van der Waals surface area (Å²) in [5.41, 5.74) is 5.91. The molecule has 1 aromatic heterocycles. The molecule has 1 aliphatic rings. The number of hydrogen-bond donors (Lipinski definition) is 1. The van der Waals surface area contributed by atoms with E-state index in [0.717, 1.165) is 21.9 Å². The number of aryl methyl sites for hydroxylation is 1. The van der Waals surface area contributed by atoms with Crippen LogP contribution in [-0.4, -0.2) is 9.78 Å². The monoisotopic (exact) mass is 319 g/mol. The molecule has 1 aromatic rings. The summed E-state index contributed by atoms with van der Waals surface area (Å²) >= 11 is 2.23. The Morgan fingerprint density at radius 3 is 2.73 bits per heavy atom. The van der Waals surface area contributed by atoms with Crippen LogP contribution in [0, 0.1) is 9.49 Å². The van der Waals surface area contributed by atoms with Crippen molar-refractivity contribution in [2.24, 2.45) is 5.92 Å². The SMILES string of the molecule is Nc1c(I)cnn1CCC1CCCCC1. The zero-order valence-corrected chi connectivity index (χ0v) is 11.1. The van der Waals surface area contributed by atoms with Crippen LogP contribution in [0.2, 0.25) is 0 Å². The highest BCUT2D eigenvalue weighted by molar-refractivity contribution is 14.1. The van der Waals surface area contributed by atoms with E-state index in [1.54, 1.807) is 0 Å². The van der Waals surface area contributed by atoms with E-state index >= 15 is 0 Å². The second kappa shape index (κ2) is 5.18. The van der Waals surface area contributed by atoms with Crippen molar-refractivity contribution in [2.75, 3.05) is 5.73 Å². The first-order valence-corrected chi connectivity index (χ1v) is 6.82. The van der Waals surface area contributed by atoms with Gasteiger partial charge in [-0.15, -0.1) is 0 Å². The van der Waals surface area contributed by atoms with Crippen molar-refractivity contribution in [3.05, 3.63) is 9.77 Å². The van der Waals surface area contributed by atoms with Crippen LogP contribution < -0.4 is 5.73 Å². The molecule has 0 unspecified atom stereocenters. The molecule has 1 heterocycles. The summed E-state index contributed by atoms with van der Waals surface area (Å²) in [6.45, 7) is 0.986. The molecule has 0 aromatic carbocycles. The maximum absolute atomic E-state index is 5.91. The van der Waals surface area contributed by atoms with Gasteiger partial charge in [-0.3, -0.25) is 0 Å². The largest absolute Gasteiger partial charge is 0.383 e. The third kappa shape index (κ3) is 2.86. The van der Waals surface area contributed by atoms with Crippen LogP contribution in [0.25, 0.3) is 0 Å². The van der Waals surface area contributed by atoms with Crippen LogP contribution in [0.3, 0.4) is 0 Å². The number of nitrogen functional groups attached to an aromatic ring is 1. The van der Waals surface area contributed by atoms with Crippen molar-refractivity contribution in [3.63, 3.8) is 0 Å². The molecule has 1 fully saturated rings. The summed E-state index contributed by atoms with van der Waals surface area (Å²) in [7, 11) is 0. The Morgan fingerprint density at radius 1 is 1.40 bits per heavy atom. The summed E-state index contributed by atoms with van der Waals surface area (Å²) in [6, 6.07) is 0. The van der Waals surface area contributed by atoms with Gasteiger partial charge in [0.25, 0.3) is 0 Å². The third-order valence-electron chi connectivity index (χ3n) is 3.31. The number of halogens is 1. The second-order valence-corrected chi connectivity index (χ2v) is 5.56. The number of rotatable bonds is 3. The predicted octanol–water partition coefficient (Wildman–Crippen LogP) is 3.04. The van der Waals surface area contributed by atoms with Crippen LogP contribution in [0.4, 0.5) is 5.82 Å². The lowest BCUT2D eigenvalue weighted by molar-refractivity contribution is 0.320. The Bertz CT molecular complexity index is 316. The molecule has 2 N–H and O–H groups in total. The summed E-state index contributed by atoms with van der Waals surface area (Å²) in [6.07, 6.45) is 10.1. The normalized spacial score (nSPS) is 18.2. The molecule has 0 aliphatic heterocycles. The molecule has 0 spiro atoms. The third-order valence-corrected chi connectivity index (χ3v) is 4.14. The van der Waals surface area contributed by atoms with Gasteiger partial charge in [0.05, 0.1) is 9.77 Å². The minimum Gasteiger partial charge on any atom is -0.383 e. The molecule has 84 valence electrons. The van der Waals surface area contributed by atoms with E-state index in [2.05, 4.69) is 27.7 Å². The number of hydrogen-bond acceptors (Lipinski definition) is 2. The minimum absolute atomic E-state index is 0.825. The number of anilines is 1. The van der Waals surface area contributed by atoms with Crippen LogP contribution >= 0.6 is 22.6 Å². The van der Waals surface area contributed by atoms with Gasteiger partial charge in [0, 0.05) is 6.54 Å². The molecule has 1 aliphatic carbocycles. The van der Waals surface area contributed by atoms with Crippen molar-refractivity contribution in [2.45, 2.75) is 45.1 Å². The zero-order chi connectivity index (χ0) is 10.7. The predicted molar refractivity (Wildman–Crippen MR) is 70.5 cm³/mol. The van der Waals surface area contributed by atoms with E-state index < -0.39 is 0 Å². The molecule has 0 saturated heterocycles. The van der Waals surface area contributed by atoms with Gasteiger partial charge in [0.1, 0.15) is 5.82 Å². The average Bonchev–Trinajstić information content (AvgIpc) is 2.59. The second-order valence-electron chi connectivity index (χ2n) is 4.39. The summed E-state index contributed by atoms with van der Waals surface area (Å²) in [4.78, 5) is 0. The van der Waals surface area contributed by atoms with Gasteiger partial charge >= 0.3 is 0 Å². The molecule has 0 bridgehead atoms. The van der Waals surface area contributed by atoms with Crippen molar-refractivity contribution < 1.29 is 0 Å². The van der Waals surface area contributed by atoms with E-state index in [1.165, 1.54) is 38.5 Å². The zero-order valence-electron chi connectivity index (χ0n) is 8.95. The Hall–Kier alpha value is -0.260. The molecule has 15 heavy (non-hydrogen) atoms. The average molecular weight is 319 g/mol. The maximum Gasteiger partial charge on any atom is 0.135 e. The van der Waals surface area contributed by atoms with Crippen LogP contribution in [0.5, 0.6) is 0 Å². The molecule has 0 atom stereocenters. The highest BCUT2D eigenvalue weighted by Crippen LogP contribution is 2.27. The smallest absolute Gasteiger partial charge is 0.135 e. The summed E-state index contributed by atoms with van der Waals surface area (Å²) in [5.74, 6) is 1.73. The van der Waals surface area contributed by atoms with E-state index in [-0.39, 0.29) is 0 Å². The lowest BCUT2D eigenvalue weighted by atomic mass is 9.87. The van der Waals surface area contributed by atoms with E-state index in [0.29, 0.717) is 0 Å². The molecule has 2 rings (SSSR count). The van der Waals surface area contributed by atoms with Crippen molar-refractivity contribution in [1.82, 2.24) is 9.78 Å². The van der Waals surface area contributed by atoms with Crippen LogP contribution in [-0.2, 0) is 6.54 Å². The molecular formula is C11H18IN3.